The summed E-state index contributed by atoms with van der Waals surface area (Å²) in [6, 6.07) is 3.03. The number of alkyl halides is 1. The number of phenols is 1. The molecule has 0 bridgehead atoms. The molecular weight excluding hydrogens is 354 g/mol. The fraction of sp³-hybridized carbons (Fsp3) is 0.333. The van der Waals surface area contributed by atoms with E-state index in [0.29, 0.717) is 0 Å². The summed E-state index contributed by atoms with van der Waals surface area (Å²) in [7, 11) is 0. The first-order valence-electron chi connectivity index (χ1n) is 5.41. The highest BCUT2D eigenvalue weighted by molar-refractivity contribution is 9.10. The average molecular weight is 368 g/mol. The molecule has 0 aromatic heterocycles. The normalized spacial score (nSPS) is 12.8. The van der Waals surface area contributed by atoms with Crippen LogP contribution in [0.15, 0.2) is 16.6 Å². The molecule has 0 aliphatic carbocycles. The highest BCUT2D eigenvalue weighted by atomic mass is 79.9. The number of nitrogens with two attached hydrogens (primary N) is 1. The third kappa shape index (κ3) is 4.07. The Morgan fingerprint density at radius 2 is 2.25 bits per heavy atom. The van der Waals surface area contributed by atoms with Gasteiger partial charge >= 0.3 is 5.97 Å². The molecule has 5 nitrogen and oxygen atoms in total. The number of ether oxygens (including phenoxy) is 1. The standard InChI is InChI=1S/C12H12BrFN2O3.ClH/c1-2-19-12(18)9(14)10(16)7-3-6(5-15)4-8(13)11(7)17;/h3-4,9-10,17H,2,16H2,1H3;1H/t9?,10-;/m1./s1. The van der Waals surface area contributed by atoms with Crippen molar-refractivity contribution in [3.63, 3.8) is 0 Å². The maximum Gasteiger partial charge on any atom is 0.342 e. The molecule has 0 aliphatic heterocycles. The summed E-state index contributed by atoms with van der Waals surface area (Å²) in [5.41, 5.74) is 5.75. The van der Waals surface area contributed by atoms with E-state index in [-0.39, 0.29) is 40.4 Å². The van der Waals surface area contributed by atoms with E-state index >= 15 is 0 Å². The third-order valence-corrected chi connectivity index (χ3v) is 3.01. The van der Waals surface area contributed by atoms with Crippen LogP contribution in [0, 0.1) is 11.3 Å². The Labute approximate surface area is 130 Å². The zero-order chi connectivity index (χ0) is 14.6. The molecule has 3 N–H and O–H groups in total. The number of aromatic hydroxyl groups is 1. The molecule has 1 rings (SSSR count). The number of nitriles is 1. The van der Waals surface area contributed by atoms with Crippen LogP contribution in [0.2, 0.25) is 0 Å². The van der Waals surface area contributed by atoms with Gasteiger partial charge in [0.15, 0.2) is 0 Å². The van der Waals surface area contributed by atoms with E-state index in [0.717, 1.165) is 0 Å². The van der Waals surface area contributed by atoms with Gasteiger partial charge in [0.05, 0.1) is 28.8 Å². The van der Waals surface area contributed by atoms with Gasteiger partial charge in [0, 0.05) is 5.56 Å². The van der Waals surface area contributed by atoms with Gasteiger partial charge in [0.2, 0.25) is 6.17 Å². The van der Waals surface area contributed by atoms with Crippen LogP contribution >= 0.6 is 28.3 Å². The molecule has 0 amide bonds. The minimum absolute atomic E-state index is 0. The Kier molecular flexibility index (Phi) is 7.50. The van der Waals surface area contributed by atoms with Crippen molar-refractivity contribution in [3.05, 3.63) is 27.7 Å². The number of hydrogen-bond acceptors (Lipinski definition) is 5. The third-order valence-electron chi connectivity index (χ3n) is 2.41. The second kappa shape index (κ2) is 8.04. The lowest BCUT2D eigenvalue weighted by Crippen LogP contribution is -2.31. The maximum absolute atomic E-state index is 13.8. The zero-order valence-electron chi connectivity index (χ0n) is 10.5. The molecule has 110 valence electrons. The summed E-state index contributed by atoms with van der Waals surface area (Å²) < 4.78 is 18.5. The molecule has 0 spiro atoms. The van der Waals surface area contributed by atoms with E-state index in [2.05, 4.69) is 20.7 Å². The van der Waals surface area contributed by atoms with Gasteiger partial charge in [-0.2, -0.15) is 5.26 Å². The fourth-order valence-corrected chi connectivity index (χ4v) is 1.94. The number of rotatable bonds is 4. The lowest BCUT2D eigenvalue weighted by molar-refractivity contribution is -0.149. The Hall–Kier alpha value is -1.36. The summed E-state index contributed by atoms with van der Waals surface area (Å²) in [5.74, 6) is -1.41. The van der Waals surface area contributed by atoms with Crippen molar-refractivity contribution >= 4 is 34.3 Å². The number of benzene rings is 1. The van der Waals surface area contributed by atoms with Gasteiger partial charge in [-0.15, -0.1) is 12.4 Å². The van der Waals surface area contributed by atoms with Crippen LogP contribution in [0.25, 0.3) is 0 Å². The predicted molar refractivity (Wildman–Crippen MR) is 76.2 cm³/mol. The van der Waals surface area contributed by atoms with E-state index in [1.165, 1.54) is 12.1 Å². The second-order valence-electron chi connectivity index (χ2n) is 3.69. The Bertz CT molecular complexity index is 536. The van der Waals surface area contributed by atoms with E-state index in [1.807, 2.05) is 6.07 Å². The van der Waals surface area contributed by atoms with Crippen molar-refractivity contribution in [3.8, 4) is 11.8 Å². The molecule has 0 heterocycles. The topological polar surface area (TPSA) is 96.3 Å². The fourth-order valence-electron chi connectivity index (χ4n) is 1.47. The number of carbonyl (C=O) groups is 1. The van der Waals surface area contributed by atoms with E-state index in [1.54, 1.807) is 6.92 Å². The van der Waals surface area contributed by atoms with Crippen molar-refractivity contribution in [2.45, 2.75) is 19.1 Å². The maximum atomic E-state index is 13.8. The van der Waals surface area contributed by atoms with Crippen molar-refractivity contribution < 1.29 is 19.0 Å². The molecule has 0 radical (unpaired) electrons. The molecule has 1 aromatic carbocycles. The van der Waals surface area contributed by atoms with Crippen LogP contribution in [0.5, 0.6) is 5.75 Å². The molecule has 1 aromatic rings. The Morgan fingerprint density at radius 1 is 1.65 bits per heavy atom. The summed E-state index contributed by atoms with van der Waals surface area (Å²) in [4.78, 5) is 11.3. The minimum Gasteiger partial charge on any atom is -0.506 e. The average Bonchev–Trinajstić information content (AvgIpc) is 2.40. The predicted octanol–water partition coefficient (Wildman–Crippen LogP) is 2.35. The summed E-state index contributed by atoms with van der Waals surface area (Å²) in [6.07, 6.45) is -2.12. The molecule has 8 heteroatoms. The molecule has 0 fully saturated rings. The molecule has 1 unspecified atom stereocenters. The smallest absolute Gasteiger partial charge is 0.342 e. The molecule has 0 saturated carbocycles. The summed E-state index contributed by atoms with van der Waals surface area (Å²) >= 11 is 3.03. The van der Waals surface area contributed by atoms with E-state index in [4.69, 9.17) is 11.0 Å². The van der Waals surface area contributed by atoms with Crippen molar-refractivity contribution in [1.29, 1.82) is 5.26 Å². The quantitative estimate of drug-likeness (QED) is 0.796. The van der Waals surface area contributed by atoms with Crippen molar-refractivity contribution in [2.75, 3.05) is 6.61 Å². The lowest BCUT2D eigenvalue weighted by atomic mass is 10.00. The monoisotopic (exact) mass is 366 g/mol. The van der Waals surface area contributed by atoms with Gasteiger partial charge in [-0.05, 0) is 35.0 Å². The summed E-state index contributed by atoms with van der Waals surface area (Å²) in [6.45, 7) is 1.57. The van der Waals surface area contributed by atoms with Crippen molar-refractivity contribution in [2.24, 2.45) is 5.73 Å². The first kappa shape index (κ1) is 18.6. The van der Waals surface area contributed by atoms with Crippen LogP contribution in [-0.4, -0.2) is 23.9 Å². The SMILES string of the molecule is CCOC(=O)C(F)[C@H](N)c1cc(C#N)cc(Br)c1O.Cl. The molecule has 2 atom stereocenters. The zero-order valence-corrected chi connectivity index (χ0v) is 12.9. The number of carbonyl (C=O) groups excluding carboxylic acids is 1. The Morgan fingerprint density at radius 3 is 2.75 bits per heavy atom. The number of halogens is 3. The van der Waals surface area contributed by atoms with Crippen LogP contribution in [0.3, 0.4) is 0 Å². The van der Waals surface area contributed by atoms with Gasteiger partial charge in [-0.25, -0.2) is 9.18 Å². The van der Waals surface area contributed by atoms with Crippen LogP contribution in [0.4, 0.5) is 4.39 Å². The number of nitrogens with zero attached hydrogens (tertiary/aromatic N) is 1. The van der Waals surface area contributed by atoms with Crippen LogP contribution in [0.1, 0.15) is 24.1 Å². The highest BCUT2D eigenvalue weighted by Gasteiger charge is 2.30. The molecule has 20 heavy (non-hydrogen) atoms. The number of phenolic OH excluding ortho intramolecular Hbond substituents is 1. The largest absolute Gasteiger partial charge is 0.506 e. The molecule has 0 aliphatic rings. The van der Waals surface area contributed by atoms with Gasteiger partial charge in [-0.3, -0.25) is 0 Å². The van der Waals surface area contributed by atoms with Gasteiger partial charge in [0.1, 0.15) is 5.75 Å². The number of hydrogen-bond donors (Lipinski definition) is 2. The van der Waals surface area contributed by atoms with E-state index in [9.17, 15) is 14.3 Å². The first-order valence-corrected chi connectivity index (χ1v) is 6.20. The molecule has 0 saturated heterocycles. The van der Waals surface area contributed by atoms with Gasteiger partial charge in [-0.1, -0.05) is 0 Å². The van der Waals surface area contributed by atoms with Crippen LogP contribution < -0.4 is 5.73 Å². The highest BCUT2D eigenvalue weighted by Crippen LogP contribution is 2.34. The van der Waals surface area contributed by atoms with Crippen LogP contribution in [-0.2, 0) is 9.53 Å². The Balaban J connectivity index is 0.00000361. The van der Waals surface area contributed by atoms with Crippen molar-refractivity contribution in [1.82, 2.24) is 0 Å². The molecular formula is C12H13BrClFN2O3. The summed E-state index contributed by atoms with van der Waals surface area (Å²) in [5, 5.41) is 18.6. The van der Waals surface area contributed by atoms with Gasteiger partial charge < -0.3 is 15.6 Å². The number of esters is 1. The van der Waals surface area contributed by atoms with E-state index < -0.39 is 18.2 Å². The first-order chi connectivity index (χ1) is 8.92. The second-order valence-corrected chi connectivity index (χ2v) is 4.54. The van der Waals surface area contributed by atoms with Gasteiger partial charge in [0.25, 0.3) is 0 Å². The lowest BCUT2D eigenvalue weighted by Gasteiger charge is -2.17. The minimum atomic E-state index is -2.12.